The van der Waals surface area contributed by atoms with Crippen LogP contribution in [0.15, 0.2) is 95.6 Å². The monoisotopic (exact) mass is 493 g/mol. The Morgan fingerprint density at radius 3 is 2.41 bits per heavy atom. The van der Waals surface area contributed by atoms with Gasteiger partial charge in [-0.2, -0.15) is 0 Å². The van der Waals surface area contributed by atoms with Crippen molar-refractivity contribution in [3.8, 4) is 0 Å². The predicted octanol–water partition coefficient (Wildman–Crippen LogP) is 4.73. The molecule has 5 aromatic rings. The molecule has 0 radical (unpaired) electrons. The highest BCUT2D eigenvalue weighted by molar-refractivity contribution is 6.01. The number of benzene rings is 3. The van der Waals surface area contributed by atoms with Crippen LogP contribution in [0.4, 0.5) is 5.69 Å². The topological polar surface area (TPSA) is 93.3 Å². The molecule has 0 spiro atoms. The van der Waals surface area contributed by atoms with Gasteiger partial charge in [-0.05, 0) is 66.9 Å². The van der Waals surface area contributed by atoms with Crippen LogP contribution in [-0.2, 0) is 22.7 Å². The van der Waals surface area contributed by atoms with E-state index in [2.05, 4.69) is 15.6 Å². The van der Waals surface area contributed by atoms with Crippen molar-refractivity contribution in [1.29, 1.82) is 0 Å². The second-order valence-corrected chi connectivity index (χ2v) is 8.96. The van der Waals surface area contributed by atoms with Crippen molar-refractivity contribution in [2.24, 2.45) is 0 Å². The van der Waals surface area contributed by atoms with Crippen LogP contribution in [0.5, 0.6) is 0 Å². The van der Waals surface area contributed by atoms with Crippen molar-refractivity contribution in [1.82, 2.24) is 20.3 Å². The first-order valence-electron chi connectivity index (χ1n) is 12.0. The van der Waals surface area contributed by atoms with Crippen LogP contribution in [0.25, 0.3) is 11.0 Å². The molecule has 8 nitrogen and oxygen atoms in total. The summed E-state index contributed by atoms with van der Waals surface area (Å²) in [4.78, 5) is 29.4. The molecule has 2 aromatic heterocycles. The summed E-state index contributed by atoms with van der Waals surface area (Å²) in [6.07, 6.45) is 1.56. The van der Waals surface area contributed by atoms with Crippen LogP contribution in [0, 0.1) is 13.8 Å². The number of hydrogen-bond donors (Lipinski definition) is 1. The molecule has 0 bridgehead atoms. The highest BCUT2D eigenvalue weighted by Crippen LogP contribution is 2.30. The number of furan rings is 1. The summed E-state index contributed by atoms with van der Waals surface area (Å²) in [5.74, 6) is 0.0136. The van der Waals surface area contributed by atoms with E-state index in [1.165, 1.54) is 0 Å². The molecular formula is C29H27N5O3. The third kappa shape index (κ3) is 5.28. The number of aromatic nitrogens is 3. The van der Waals surface area contributed by atoms with E-state index in [4.69, 9.17) is 4.42 Å². The van der Waals surface area contributed by atoms with Gasteiger partial charge < -0.3 is 9.73 Å². The molecule has 8 heteroatoms. The molecule has 1 atom stereocenters. The van der Waals surface area contributed by atoms with Gasteiger partial charge in [0.2, 0.25) is 11.8 Å². The van der Waals surface area contributed by atoms with Gasteiger partial charge in [-0.15, -0.1) is 5.10 Å². The van der Waals surface area contributed by atoms with E-state index < -0.39 is 6.04 Å². The quantitative estimate of drug-likeness (QED) is 0.337. The van der Waals surface area contributed by atoms with E-state index in [0.717, 1.165) is 16.6 Å². The third-order valence-electron chi connectivity index (χ3n) is 6.10. The van der Waals surface area contributed by atoms with Crippen molar-refractivity contribution in [2.75, 3.05) is 4.90 Å². The number of hydrogen-bond acceptors (Lipinski definition) is 5. The standard InChI is InChI=1S/C29H27N5O3/c1-20-15-21(2)17-23(16-20)34(27(35)19-33-26-13-7-6-12-25(26)31-32-33)28(22-9-4-3-5-10-22)29(36)30-18-24-11-8-14-37-24/h3-17,28H,18-19H2,1-2H3,(H,30,36)/t28-/m1/s1. The molecule has 5 rings (SSSR count). The molecule has 0 aliphatic rings. The summed E-state index contributed by atoms with van der Waals surface area (Å²) in [5, 5.41) is 11.3. The highest BCUT2D eigenvalue weighted by atomic mass is 16.3. The summed E-state index contributed by atoms with van der Waals surface area (Å²) in [6, 6.07) is 25.3. The Balaban J connectivity index is 1.57. The molecule has 0 unspecified atom stereocenters. The minimum atomic E-state index is -0.917. The van der Waals surface area contributed by atoms with Crippen molar-refractivity contribution in [3.05, 3.63) is 114 Å². The molecule has 3 aromatic carbocycles. The molecule has 2 heterocycles. The first kappa shape index (κ1) is 24.0. The van der Waals surface area contributed by atoms with Gasteiger partial charge in [0.1, 0.15) is 23.9 Å². The van der Waals surface area contributed by atoms with Gasteiger partial charge in [0, 0.05) is 5.69 Å². The Hall–Kier alpha value is -4.72. The second kappa shape index (κ2) is 10.5. The highest BCUT2D eigenvalue weighted by Gasteiger charge is 2.33. The number of nitrogens with one attached hydrogen (secondary N) is 1. The summed E-state index contributed by atoms with van der Waals surface area (Å²) in [5.41, 5.74) is 4.74. The number of amides is 2. The van der Waals surface area contributed by atoms with E-state index in [0.29, 0.717) is 22.5 Å². The van der Waals surface area contributed by atoms with Gasteiger partial charge in [-0.1, -0.05) is 53.7 Å². The van der Waals surface area contributed by atoms with E-state index >= 15 is 0 Å². The summed E-state index contributed by atoms with van der Waals surface area (Å²) in [6.45, 7) is 4.07. The molecule has 1 N–H and O–H groups in total. The third-order valence-corrected chi connectivity index (χ3v) is 6.10. The Morgan fingerprint density at radius 1 is 0.946 bits per heavy atom. The maximum atomic E-state index is 14.1. The van der Waals surface area contributed by atoms with Gasteiger partial charge in [0.05, 0.1) is 18.3 Å². The normalized spacial score (nSPS) is 11.8. The van der Waals surface area contributed by atoms with E-state index in [-0.39, 0.29) is 24.9 Å². The molecule has 0 fully saturated rings. The van der Waals surface area contributed by atoms with Crippen molar-refractivity contribution >= 4 is 28.5 Å². The lowest BCUT2D eigenvalue weighted by Crippen LogP contribution is -2.45. The molecule has 0 aliphatic carbocycles. The molecule has 0 aliphatic heterocycles. The zero-order chi connectivity index (χ0) is 25.8. The van der Waals surface area contributed by atoms with Gasteiger partial charge in [-0.25, -0.2) is 4.68 Å². The largest absolute Gasteiger partial charge is 0.467 e. The maximum Gasteiger partial charge on any atom is 0.249 e. The SMILES string of the molecule is Cc1cc(C)cc(N(C(=O)Cn2nnc3ccccc32)[C@@H](C(=O)NCc2ccco2)c2ccccc2)c1. The van der Waals surface area contributed by atoms with Crippen LogP contribution in [-0.4, -0.2) is 26.8 Å². The molecule has 37 heavy (non-hydrogen) atoms. The molecule has 0 saturated carbocycles. The van der Waals surface area contributed by atoms with E-state index in [1.54, 1.807) is 28.0 Å². The van der Waals surface area contributed by atoms with Crippen LogP contribution in [0.3, 0.4) is 0 Å². The Kier molecular flexibility index (Phi) is 6.81. The number of para-hydroxylation sites is 1. The predicted molar refractivity (Wildman–Crippen MR) is 141 cm³/mol. The lowest BCUT2D eigenvalue weighted by Gasteiger charge is -2.32. The van der Waals surface area contributed by atoms with Crippen LogP contribution in [0.1, 0.15) is 28.5 Å². The lowest BCUT2D eigenvalue weighted by atomic mass is 10.0. The number of anilines is 1. The first-order valence-corrected chi connectivity index (χ1v) is 12.0. The van der Waals surface area contributed by atoms with Crippen molar-refractivity contribution in [2.45, 2.75) is 33.0 Å². The number of rotatable bonds is 8. The minimum absolute atomic E-state index is 0.0811. The van der Waals surface area contributed by atoms with Gasteiger partial charge in [0.15, 0.2) is 0 Å². The van der Waals surface area contributed by atoms with Gasteiger partial charge in [-0.3, -0.25) is 14.5 Å². The van der Waals surface area contributed by atoms with E-state index in [9.17, 15) is 9.59 Å². The average molecular weight is 494 g/mol. The summed E-state index contributed by atoms with van der Waals surface area (Å²) >= 11 is 0. The zero-order valence-corrected chi connectivity index (χ0v) is 20.7. The second-order valence-electron chi connectivity index (χ2n) is 8.96. The fourth-order valence-corrected chi connectivity index (χ4v) is 4.50. The van der Waals surface area contributed by atoms with Crippen LogP contribution < -0.4 is 10.2 Å². The first-order chi connectivity index (χ1) is 18.0. The maximum absolute atomic E-state index is 14.1. The smallest absolute Gasteiger partial charge is 0.249 e. The summed E-state index contributed by atoms with van der Waals surface area (Å²) < 4.78 is 6.96. The van der Waals surface area contributed by atoms with Gasteiger partial charge >= 0.3 is 0 Å². The van der Waals surface area contributed by atoms with Gasteiger partial charge in [0.25, 0.3) is 0 Å². The van der Waals surface area contributed by atoms with Crippen LogP contribution in [0.2, 0.25) is 0 Å². The number of fused-ring (bicyclic) bond motifs is 1. The Bertz CT molecular complexity index is 1510. The Labute approximate surface area is 214 Å². The van der Waals surface area contributed by atoms with E-state index in [1.807, 2.05) is 86.6 Å². The average Bonchev–Trinajstić information content (AvgIpc) is 3.56. The lowest BCUT2D eigenvalue weighted by molar-refractivity contribution is -0.127. The molecule has 186 valence electrons. The minimum Gasteiger partial charge on any atom is -0.467 e. The number of carbonyl (C=O) groups is 2. The Morgan fingerprint density at radius 2 is 1.68 bits per heavy atom. The number of nitrogens with zero attached hydrogens (tertiary/aromatic N) is 4. The fourth-order valence-electron chi connectivity index (χ4n) is 4.50. The summed E-state index contributed by atoms with van der Waals surface area (Å²) in [7, 11) is 0. The zero-order valence-electron chi connectivity index (χ0n) is 20.7. The van der Waals surface area contributed by atoms with Crippen molar-refractivity contribution < 1.29 is 14.0 Å². The molecule has 0 saturated heterocycles. The fraction of sp³-hybridized carbons (Fsp3) is 0.172. The number of carbonyl (C=O) groups excluding carboxylic acids is 2. The number of aryl methyl sites for hydroxylation is 2. The molecule has 2 amide bonds. The molecular weight excluding hydrogens is 466 g/mol. The van der Waals surface area contributed by atoms with Crippen molar-refractivity contribution in [3.63, 3.8) is 0 Å². The van der Waals surface area contributed by atoms with Crippen LogP contribution >= 0.6 is 0 Å².